The summed E-state index contributed by atoms with van der Waals surface area (Å²) >= 11 is 0. The number of aryl methyl sites for hydroxylation is 1. The highest BCUT2D eigenvalue weighted by Gasteiger charge is 2.23. The molecule has 2 aromatic rings. The van der Waals surface area contributed by atoms with Gasteiger partial charge in [0.15, 0.2) is 0 Å². The number of primary amides is 1. The Morgan fingerprint density at radius 2 is 1.87 bits per heavy atom. The Balaban J connectivity index is 2.02. The number of carbonyl (C=O) groups excluding carboxylic acids is 1. The van der Waals surface area contributed by atoms with Gasteiger partial charge in [-0.1, -0.05) is 38.1 Å². The molecule has 3 rings (SSSR count). The molecule has 1 unspecified atom stereocenters. The molecule has 0 fully saturated rings. The van der Waals surface area contributed by atoms with Gasteiger partial charge in [0.05, 0.1) is 6.04 Å². The van der Waals surface area contributed by atoms with Gasteiger partial charge in [0.2, 0.25) is 5.91 Å². The second-order valence-electron chi connectivity index (χ2n) is 6.12. The fourth-order valence-electron chi connectivity index (χ4n) is 3.76. The van der Waals surface area contributed by atoms with E-state index in [2.05, 4.69) is 49.5 Å². The molecule has 0 aliphatic carbocycles. The van der Waals surface area contributed by atoms with Crippen molar-refractivity contribution in [2.75, 3.05) is 5.32 Å². The summed E-state index contributed by atoms with van der Waals surface area (Å²) in [6, 6.07) is 12.8. The van der Waals surface area contributed by atoms with Gasteiger partial charge >= 0.3 is 0 Å². The molecular weight excluding hydrogens is 284 g/mol. The molecule has 0 saturated carbocycles. The molecule has 1 aliphatic rings. The van der Waals surface area contributed by atoms with Crippen molar-refractivity contribution in [3.8, 4) is 0 Å². The van der Waals surface area contributed by atoms with E-state index in [4.69, 9.17) is 5.73 Å². The molecule has 0 radical (unpaired) electrons. The minimum atomic E-state index is -0.329. The predicted molar refractivity (Wildman–Crippen MR) is 94.8 cm³/mol. The molecule has 1 aliphatic heterocycles. The van der Waals surface area contributed by atoms with Crippen LogP contribution in [0.5, 0.6) is 0 Å². The molecule has 0 aromatic heterocycles. The maximum absolute atomic E-state index is 11.7. The number of hydrogen-bond acceptors (Lipinski definition) is 2. The second kappa shape index (κ2) is 6.45. The number of anilines is 1. The van der Waals surface area contributed by atoms with E-state index in [1.54, 1.807) is 0 Å². The average Bonchev–Trinajstić information content (AvgIpc) is 2.59. The molecular formula is C20H24N2O. The monoisotopic (exact) mass is 308 g/mol. The molecule has 23 heavy (non-hydrogen) atoms. The van der Waals surface area contributed by atoms with E-state index in [0.29, 0.717) is 11.6 Å². The van der Waals surface area contributed by atoms with Crippen molar-refractivity contribution in [2.45, 2.75) is 45.6 Å². The van der Waals surface area contributed by atoms with E-state index in [1.807, 2.05) is 6.07 Å². The van der Waals surface area contributed by atoms with Crippen LogP contribution in [0.1, 0.15) is 58.9 Å². The SMILES string of the molecule is CCc1c(C(N)=O)ccc(C2CCc3ccccc3N2)c1CC. The first-order chi connectivity index (χ1) is 11.2. The number of para-hydroxylation sites is 1. The van der Waals surface area contributed by atoms with E-state index in [9.17, 15) is 4.79 Å². The number of nitrogens with two attached hydrogens (primary N) is 1. The third-order valence-electron chi connectivity index (χ3n) is 4.86. The Bertz CT molecular complexity index is 736. The number of nitrogens with one attached hydrogen (secondary N) is 1. The molecule has 0 spiro atoms. The zero-order valence-corrected chi connectivity index (χ0v) is 13.9. The molecule has 3 nitrogen and oxygen atoms in total. The normalized spacial score (nSPS) is 16.5. The Morgan fingerprint density at radius 1 is 1.13 bits per heavy atom. The lowest BCUT2D eigenvalue weighted by atomic mass is 9.85. The van der Waals surface area contributed by atoms with Gasteiger partial charge in [-0.15, -0.1) is 0 Å². The highest BCUT2D eigenvalue weighted by atomic mass is 16.1. The molecule has 0 bridgehead atoms. The molecule has 3 N–H and O–H groups in total. The van der Waals surface area contributed by atoms with E-state index in [-0.39, 0.29) is 5.91 Å². The standard InChI is InChI=1S/C20H24N2O/c1-3-14-15(4-2)17(20(21)23)11-10-16(14)19-12-9-13-7-5-6-8-18(13)22-19/h5-8,10-11,19,22H,3-4,9,12H2,1-2H3,(H2,21,23). The molecule has 120 valence electrons. The lowest BCUT2D eigenvalue weighted by Crippen LogP contribution is -2.21. The number of amides is 1. The number of carbonyl (C=O) groups is 1. The minimum Gasteiger partial charge on any atom is -0.378 e. The zero-order chi connectivity index (χ0) is 16.4. The van der Waals surface area contributed by atoms with Gasteiger partial charge in [-0.3, -0.25) is 4.79 Å². The van der Waals surface area contributed by atoms with Crippen LogP contribution < -0.4 is 11.1 Å². The summed E-state index contributed by atoms with van der Waals surface area (Å²) in [7, 11) is 0. The van der Waals surface area contributed by atoms with Crippen molar-refractivity contribution in [1.29, 1.82) is 0 Å². The first-order valence-corrected chi connectivity index (χ1v) is 8.44. The van der Waals surface area contributed by atoms with Crippen LogP contribution in [0.25, 0.3) is 0 Å². The molecule has 1 atom stereocenters. The largest absolute Gasteiger partial charge is 0.378 e. The summed E-state index contributed by atoms with van der Waals surface area (Å²) in [5, 5.41) is 3.67. The first kappa shape index (κ1) is 15.6. The van der Waals surface area contributed by atoms with Gasteiger partial charge in [0.1, 0.15) is 0 Å². The van der Waals surface area contributed by atoms with Gasteiger partial charge < -0.3 is 11.1 Å². The van der Waals surface area contributed by atoms with Crippen LogP contribution in [0.4, 0.5) is 5.69 Å². The van der Waals surface area contributed by atoms with Crippen LogP contribution in [0.2, 0.25) is 0 Å². The Morgan fingerprint density at radius 3 is 2.57 bits per heavy atom. The Kier molecular flexibility index (Phi) is 4.37. The van der Waals surface area contributed by atoms with Crippen molar-refractivity contribution in [3.63, 3.8) is 0 Å². The molecule has 2 aromatic carbocycles. The summed E-state index contributed by atoms with van der Waals surface area (Å²) in [6.45, 7) is 4.24. The Hall–Kier alpha value is -2.29. The average molecular weight is 308 g/mol. The van der Waals surface area contributed by atoms with Crippen molar-refractivity contribution >= 4 is 11.6 Å². The number of hydrogen-bond donors (Lipinski definition) is 2. The molecule has 1 amide bonds. The van der Waals surface area contributed by atoms with Gasteiger partial charge in [0.25, 0.3) is 0 Å². The van der Waals surface area contributed by atoms with Gasteiger partial charge in [0, 0.05) is 11.3 Å². The predicted octanol–water partition coefficient (Wildman–Crippen LogP) is 4.01. The molecule has 3 heteroatoms. The third-order valence-corrected chi connectivity index (χ3v) is 4.86. The second-order valence-corrected chi connectivity index (χ2v) is 6.12. The summed E-state index contributed by atoms with van der Waals surface area (Å²) in [6.07, 6.45) is 3.90. The van der Waals surface area contributed by atoms with Gasteiger partial charge in [-0.25, -0.2) is 0 Å². The first-order valence-electron chi connectivity index (χ1n) is 8.44. The summed E-state index contributed by atoms with van der Waals surface area (Å²) in [5.41, 5.74) is 12.5. The smallest absolute Gasteiger partial charge is 0.248 e. The van der Waals surface area contributed by atoms with Crippen LogP contribution in [0, 0.1) is 0 Å². The maximum Gasteiger partial charge on any atom is 0.248 e. The number of benzene rings is 2. The minimum absolute atomic E-state index is 0.298. The summed E-state index contributed by atoms with van der Waals surface area (Å²) < 4.78 is 0. The zero-order valence-electron chi connectivity index (χ0n) is 13.9. The van der Waals surface area contributed by atoms with Crippen LogP contribution in [0.15, 0.2) is 36.4 Å². The fourth-order valence-corrected chi connectivity index (χ4v) is 3.76. The Labute approximate surface area is 137 Å². The van der Waals surface area contributed by atoms with Crippen molar-refractivity contribution in [2.24, 2.45) is 5.73 Å². The summed E-state index contributed by atoms with van der Waals surface area (Å²) in [5.74, 6) is -0.329. The van der Waals surface area contributed by atoms with Gasteiger partial charge in [-0.05, 0) is 60.1 Å². The molecule has 0 saturated heterocycles. The lowest BCUT2D eigenvalue weighted by molar-refractivity contribution is 0.0999. The fraction of sp³-hybridized carbons (Fsp3) is 0.350. The number of fused-ring (bicyclic) bond motifs is 1. The van der Waals surface area contributed by atoms with E-state index >= 15 is 0 Å². The van der Waals surface area contributed by atoms with Crippen LogP contribution in [-0.2, 0) is 19.3 Å². The van der Waals surface area contributed by atoms with E-state index in [1.165, 1.54) is 22.4 Å². The molecule has 1 heterocycles. The van der Waals surface area contributed by atoms with Crippen LogP contribution in [0.3, 0.4) is 0 Å². The highest BCUT2D eigenvalue weighted by molar-refractivity contribution is 5.95. The van der Waals surface area contributed by atoms with Crippen molar-refractivity contribution in [3.05, 3.63) is 64.2 Å². The number of rotatable bonds is 4. The lowest BCUT2D eigenvalue weighted by Gasteiger charge is -2.30. The quantitative estimate of drug-likeness (QED) is 0.896. The van der Waals surface area contributed by atoms with E-state index in [0.717, 1.165) is 31.2 Å². The highest BCUT2D eigenvalue weighted by Crippen LogP contribution is 2.35. The van der Waals surface area contributed by atoms with Crippen LogP contribution in [-0.4, -0.2) is 5.91 Å². The topological polar surface area (TPSA) is 55.1 Å². The maximum atomic E-state index is 11.7. The van der Waals surface area contributed by atoms with Crippen LogP contribution >= 0.6 is 0 Å². The van der Waals surface area contributed by atoms with Gasteiger partial charge in [-0.2, -0.15) is 0 Å². The third kappa shape index (κ3) is 2.83. The summed E-state index contributed by atoms with van der Waals surface area (Å²) in [4.78, 5) is 11.7. The van der Waals surface area contributed by atoms with Crippen molar-refractivity contribution in [1.82, 2.24) is 0 Å². The van der Waals surface area contributed by atoms with Crippen molar-refractivity contribution < 1.29 is 4.79 Å². The van der Waals surface area contributed by atoms with E-state index < -0.39 is 0 Å².